The van der Waals surface area contributed by atoms with Crippen molar-refractivity contribution in [2.45, 2.75) is 19.4 Å². The van der Waals surface area contributed by atoms with Crippen LogP contribution in [0.4, 0.5) is 0 Å². The molecular formula is C21H22N2O4. The molecule has 1 atom stereocenters. The molecule has 0 saturated heterocycles. The molecule has 0 unspecified atom stereocenters. The Balaban J connectivity index is 1.50. The average molecular weight is 366 g/mol. The third-order valence-corrected chi connectivity index (χ3v) is 4.33. The predicted octanol–water partition coefficient (Wildman–Crippen LogP) is 3.08. The zero-order valence-electron chi connectivity index (χ0n) is 15.3. The number of methoxy groups -OCH3 is 1. The molecule has 0 spiro atoms. The number of nitrogens with one attached hydrogen (secondary N) is 2. The Labute approximate surface area is 157 Å². The molecule has 0 radical (unpaired) electrons. The molecule has 2 N–H and O–H groups in total. The van der Waals surface area contributed by atoms with E-state index in [1.54, 1.807) is 20.2 Å². The van der Waals surface area contributed by atoms with Crippen molar-refractivity contribution in [1.82, 2.24) is 10.3 Å². The van der Waals surface area contributed by atoms with Crippen molar-refractivity contribution in [3.8, 4) is 5.75 Å². The Bertz CT molecular complexity index is 931. The Morgan fingerprint density at radius 2 is 1.85 bits per heavy atom. The fourth-order valence-corrected chi connectivity index (χ4v) is 2.78. The number of amides is 1. The summed E-state index contributed by atoms with van der Waals surface area (Å²) in [5.74, 6) is -0.0532. The minimum atomic E-state index is -0.873. The van der Waals surface area contributed by atoms with Crippen LogP contribution in [0.3, 0.4) is 0 Å². The van der Waals surface area contributed by atoms with Crippen LogP contribution < -0.4 is 10.1 Å². The van der Waals surface area contributed by atoms with Crippen LogP contribution in [0.1, 0.15) is 22.8 Å². The summed E-state index contributed by atoms with van der Waals surface area (Å²) in [6, 6.07) is 15.1. The molecule has 2 aromatic carbocycles. The summed E-state index contributed by atoms with van der Waals surface area (Å²) < 4.78 is 10.4. The maximum Gasteiger partial charge on any atom is 0.341 e. The standard InChI is InChI=1S/C21H22N2O4/c1-14(20(24)22-12-11-15-7-9-16(26-2)10-8-15)27-21(25)18-13-23-19-6-4-3-5-17(18)19/h3-10,13-14,23H,11-12H2,1-2H3,(H,22,24)/t14-/m0/s1. The number of fused-ring (bicyclic) bond motifs is 1. The Morgan fingerprint density at radius 1 is 1.11 bits per heavy atom. The molecule has 0 fully saturated rings. The van der Waals surface area contributed by atoms with Gasteiger partial charge in [-0.25, -0.2) is 4.79 Å². The smallest absolute Gasteiger partial charge is 0.341 e. The van der Waals surface area contributed by atoms with E-state index in [1.807, 2.05) is 48.5 Å². The summed E-state index contributed by atoms with van der Waals surface area (Å²) >= 11 is 0. The summed E-state index contributed by atoms with van der Waals surface area (Å²) in [7, 11) is 1.62. The first kappa shape index (κ1) is 18.5. The molecule has 0 aliphatic heterocycles. The number of hydrogen-bond acceptors (Lipinski definition) is 4. The number of carbonyl (C=O) groups excluding carboxylic acids is 2. The van der Waals surface area contributed by atoms with Crippen LogP contribution in [0.5, 0.6) is 5.75 Å². The number of H-pyrrole nitrogens is 1. The normalized spacial score (nSPS) is 11.8. The van der Waals surface area contributed by atoms with Crippen LogP contribution in [0.25, 0.3) is 10.9 Å². The third-order valence-electron chi connectivity index (χ3n) is 4.33. The first-order chi connectivity index (χ1) is 13.1. The third kappa shape index (κ3) is 4.47. The lowest BCUT2D eigenvalue weighted by atomic mass is 10.1. The van der Waals surface area contributed by atoms with E-state index in [-0.39, 0.29) is 5.91 Å². The molecule has 27 heavy (non-hydrogen) atoms. The average Bonchev–Trinajstić information content (AvgIpc) is 3.12. The van der Waals surface area contributed by atoms with E-state index in [9.17, 15) is 9.59 Å². The van der Waals surface area contributed by atoms with Crippen LogP contribution in [0.15, 0.2) is 54.7 Å². The van der Waals surface area contributed by atoms with Crippen LogP contribution in [-0.4, -0.2) is 36.6 Å². The summed E-state index contributed by atoms with van der Waals surface area (Å²) in [6.07, 6.45) is 1.40. The van der Waals surface area contributed by atoms with Gasteiger partial charge in [0.25, 0.3) is 5.91 Å². The summed E-state index contributed by atoms with van der Waals surface area (Å²) in [4.78, 5) is 27.6. The number of carbonyl (C=O) groups is 2. The number of esters is 1. The first-order valence-electron chi connectivity index (χ1n) is 8.76. The Hall–Kier alpha value is -3.28. The van der Waals surface area contributed by atoms with Gasteiger partial charge in [0.15, 0.2) is 6.10 Å². The maximum atomic E-state index is 12.4. The zero-order valence-corrected chi connectivity index (χ0v) is 15.3. The topological polar surface area (TPSA) is 80.4 Å². The predicted molar refractivity (Wildman–Crippen MR) is 103 cm³/mol. The molecule has 0 aliphatic carbocycles. The highest BCUT2D eigenvalue weighted by Gasteiger charge is 2.20. The lowest BCUT2D eigenvalue weighted by molar-refractivity contribution is -0.129. The van der Waals surface area contributed by atoms with Crippen LogP contribution in [0, 0.1) is 0 Å². The van der Waals surface area contributed by atoms with Crippen LogP contribution >= 0.6 is 0 Å². The number of benzene rings is 2. The lowest BCUT2D eigenvalue weighted by Gasteiger charge is -2.13. The van der Waals surface area contributed by atoms with Gasteiger partial charge in [-0.15, -0.1) is 0 Å². The van der Waals surface area contributed by atoms with Gasteiger partial charge < -0.3 is 19.8 Å². The van der Waals surface area contributed by atoms with Gasteiger partial charge in [-0.3, -0.25) is 4.79 Å². The second kappa shape index (κ2) is 8.40. The molecule has 1 amide bonds. The van der Waals surface area contributed by atoms with Gasteiger partial charge in [-0.1, -0.05) is 30.3 Å². The highest BCUT2D eigenvalue weighted by molar-refractivity contribution is 6.04. The van der Waals surface area contributed by atoms with E-state index in [2.05, 4.69) is 10.3 Å². The van der Waals surface area contributed by atoms with Crippen molar-refractivity contribution in [2.24, 2.45) is 0 Å². The fourth-order valence-electron chi connectivity index (χ4n) is 2.78. The highest BCUT2D eigenvalue weighted by Crippen LogP contribution is 2.19. The second-order valence-corrected chi connectivity index (χ2v) is 6.18. The van der Waals surface area contributed by atoms with Crippen molar-refractivity contribution in [3.63, 3.8) is 0 Å². The maximum absolute atomic E-state index is 12.4. The molecular weight excluding hydrogens is 344 g/mol. The number of rotatable bonds is 7. The fraction of sp³-hybridized carbons (Fsp3) is 0.238. The molecule has 1 aromatic heterocycles. The highest BCUT2D eigenvalue weighted by atomic mass is 16.5. The molecule has 0 aliphatic rings. The molecule has 6 heteroatoms. The van der Waals surface area contributed by atoms with Gasteiger partial charge in [0, 0.05) is 23.6 Å². The van der Waals surface area contributed by atoms with E-state index in [4.69, 9.17) is 9.47 Å². The van der Waals surface area contributed by atoms with E-state index in [1.165, 1.54) is 0 Å². The van der Waals surface area contributed by atoms with E-state index in [0.717, 1.165) is 22.2 Å². The number of hydrogen-bond donors (Lipinski definition) is 2. The van der Waals surface area contributed by atoms with Gasteiger partial charge in [0.1, 0.15) is 5.75 Å². The van der Waals surface area contributed by atoms with Crippen LogP contribution in [0.2, 0.25) is 0 Å². The molecule has 140 valence electrons. The van der Waals surface area contributed by atoms with Crippen molar-refractivity contribution in [1.29, 1.82) is 0 Å². The quantitative estimate of drug-likeness (QED) is 0.630. The summed E-state index contributed by atoms with van der Waals surface area (Å²) in [6.45, 7) is 2.02. The molecule has 1 heterocycles. The van der Waals surface area contributed by atoms with Gasteiger partial charge in [0.05, 0.1) is 12.7 Å². The molecule has 3 rings (SSSR count). The minimum absolute atomic E-state index is 0.322. The Morgan fingerprint density at radius 3 is 2.59 bits per heavy atom. The number of ether oxygens (including phenoxy) is 2. The van der Waals surface area contributed by atoms with Crippen molar-refractivity contribution >= 4 is 22.8 Å². The molecule has 3 aromatic rings. The van der Waals surface area contributed by atoms with E-state index in [0.29, 0.717) is 18.5 Å². The summed E-state index contributed by atoms with van der Waals surface area (Å²) in [5, 5.41) is 3.56. The van der Waals surface area contributed by atoms with Gasteiger partial charge in [-0.2, -0.15) is 0 Å². The first-order valence-corrected chi connectivity index (χ1v) is 8.76. The number of para-hydroxylation sites is 1. The zero-order chi connectivity index (χ0) is 19.2. The van der Waals surface area contributed by atoms with Gasteiger partial charge in [0.2, 0.25) is 0 Å². The monoisotopic (exact) mass is 366 g/mol. The second-order valence-electron chi connectivity index (χ2n) is 6.18. The molecule has 6 nitrogen and oxygen atoms in total. The van der Waals surface area contributed by atoms with Crippen molar-refractivity contribution in [2.75, 3.05) is 13.7 Å². The van der Waals surface area contributed by atoms with Gasteiger partial charge in [-0.05, 0) is 37.1 Å². The van der Waals surface area contributed by atoms with Crippen molar-refractivity contribution < 1.29 is 19.1 Å². The SMILES string of the molecule is COc1ccc(CCNC(=O)[C@H](C)OC(=O)c2c[nH]c3ccccc23)cc1. The largest absolute Gasteiger partial charge is 0.497 e. The van der Waals surface area contributed by atoms with Gasteiger partial charge >= 0.3 is 5.97 Å². The van der Waals surface area contributed by atoms with Crippen molar-refractivity contribution in [3.05, 3.63) is 65.9 Å². The van der Waals surface area contributed by atoms with E-state index < -0.39 is 12.1 Å². The summed E-state index contributed by atoms with van der Waals surface area (Å²) in [5.41, 5.74) is 2.35. The minimum Gasteiger partial charge on any atom is -0.497 e. The number of aromatic amines is 1. The molecule has 0 saturated carbocycles. The lowest BCUT2D eigenvalue weighted by Crippen LogP contribution is -2.36. The molecule has 0 bridgehead atoms. The van der Waals surface area contributed by atoms with Crippen LogP contribution in [-0.2, 0) is 16.0 Å². The van der Waals surface area contributed by atoms with E-state index >= 15 is 0 Å². The Kier molecular flexibility index (Phi) is 5.76. The number of aromatic nitrogens is 1.